The number of nitro groups is 1. The van der Waals surface area contributed by atoms with E-state index >= 15 is 0 Å². The van der Waals surface area contributed by atoms with Crippen LogP contribution in [0.4, 0.5) is 18.9 Å². The SMILES string of the molecule is O=c1c2cc([N+](=O)[O-])cc3cccc(c32)c2nc3ccc(C(F)(F)F)cc3n12. The zero-order chi connectivity index (χ0) is 19.8. The highest BCUT2D eigenvalue weighted by Gasteiger charge is 2.31. The number of aromatic nitrogens is 2. The number of hydrogen-bond acceptors (Lipinski definition) is 4. The molecule has 138 valence electrons. The number of nitro benzene ring substituents is 1. The van der Waals surface area contributed by atoms with Crippen molar-refractivity contribution in [1.82, 2.24) is 9.38 Å². The van der Waals surface area contributed by atoms with Gasteiger partial charge in [-0.05, 0) is 23.6 Å². The maximum atomic E-state index is 13.1. The van der Waals surface area contributed by atoms with E-state index in [4.69, 9.17) is 0 Å². The van der Waals surface area contributed by atoms with E-state index in [-0.39, 0.29) is 27.8 Å². The normalized spacial score (nSPS) is 12.5. The van der Waals surface area contributed by atoms with E-state index < -0.39 is 22.2 Å². The van der Waals surface area contributed by atoms with E-state index in [2.05, 4.69) is 4.98 Å². The summed E-state index contributed by atoms with van der Waals surface area (Å²) < 4.78 is 40.5. The minimum atomic E-state index is -4.58. The lowest BCUT2D eigenvalue weighted by molar-refractivity contribution is -0.384. The Morgan fingerprint density at radius 1 is 1.04 bits per heavy atom. The Hall–Kier alpha value is -3.75. The fraction of sp³-hybridized carbons (Fsp3) is 0.0526. The molecule has 0 bridgehead atoms. The highest BCUT2D eigenvalue weighted by Crippen LogP contribution is 2.34. The van der Waals surface area contributed by atoms with E-state index in [0.717, 1.165) is 22.6 Å². The summed E-state index contributed by atoms with van der Waals surface area (Å²) in [5, 5.41) is 12.8. The van der Waals surface area contributed by atoms with Gasteiger partial charge in [0.05, 0.1) is 26.9 Å². The fourth-order valence-electron chi connectivity index (χ4n) is 3.63. The largest absolute Gasteiger partial charge is 0.416 e. The van der Waals surface area contributed by atoms with Crippen molar-refractivity contribution in [2.45, 2.75) is 6.18 Å². The molecule has 0 radical (unpaired) electrons. The number of fused-ring (bicyclic) bond motifs is 4. The topological polar surface area (TPSA) is 77.5 Å². The lowest BCUT2D eigenvalue weighted by Crippen LogP contribution is -2.14. The third kappa shape index (κ3) is 2.10. The molecule has 0 fully saturated rings. The Morgan fingerprint density at radius 2 is 1.82 bits per heavy atom. The van der Waals surface area contributed by atoms with Crippen LogP contribution in [0.2, 0.25) is 0 Å². The second-order valence-electron chi connectivity index (χ2n) is 6.43. The van der Waals surface area contributed by atoms with Crippen LogP contribution in [0.25, 0.3) is 38.2 Å². The number of halogens is 3. The summed E-state index contributed by atoms with van der Waals surface area (Å²) in [4.78, 5) is 28.1. The molecule has 5 aromatic rings. The van der Waals surface area contributed by atoms with E-state index in [1.54, 1.807) is 18.2 Å². The number of alkyl halides is 3. The van der Waals surface area contributed by atoms with E-state index in [1.807, 2.05) is 0 Å². The summed E-state index contributed by atoms with van der Waals surface area (Å²) >= 11 is 0. The first-order valence-electron chi connectivity index (χ1n) is 8.11. The molecule has 0 saturated heterocycles. The Morgan fingerprint density at radius 3 is 2.54 bits per heavy atom. The second kappa shape index (κ2) is 5.16. The molecular formula is C19H8F3N3O3. The molecule has 0 aliphatic rings. The van der Waals surface area contributed by atoms with Gasteiger partial charge in [0.1, 0.15) is 5.65 Å². The molecule has 0 saturated carbocycles. The molecule has 0 aliphatic heterocycles. The van der Waals surface area contributed by atoms with Gasteiger partial charge in [-0.3, -0.25) is 19.3 Å². The molecule has 0 amide bonds. The maximum absolute atomic E-state index is 13.1. The minimum Gasteiger partial charge on any atom is -0.268 e. The van der Waals surface area contributed by atoms with Crippen LogP contribution in [0.15, 0.2) is 53.3 Å². The minimum absolute atomic E-state index is 0.00369. The average molecular weight is 383 g/mol. The van der Waals surface area contributed by atoms with E-state index in [0.29, 0.717) is 16.2 Å². The zero-order valence-corrected chi connectivity index (χ0v) is 13.8. The monoisotopic (exact) mass is 383 g/mol. The number of pyridine rings is 1. The number of hydrogen-bond donors (Lipinski definition) is 0. The smallest absolute Gasteiger partial charge is 0.268 e. The van der Waals surface area contributed by atoms with Gasteiger partial charge in [-0.15, -0.1) is 0 Å². The Bertz CT molecular complexity index is 1510. The van der Waals surface area contributed by atoms with Crippen LogP contribution < -0.4 is 5.56 Å². The fourth-order valence-corrected chi connectivity index (χ4v) is 3.63. The van der Waals surface area contributed by atoms with Crippen LogP contribution in [0.1, 0.15) is 5.56 Å². The number of rotatable bonds is 1. The van der Waals surface area contributed by atoms with Gasteiger partial charge in [-0.2, -0.15) is 13.2 Å². The van der Waals surface area contributed by atoms with Crippen molar-refractivity contribution in [2.75, 3.05) is 0 Å². The predicted octanol–water partition coefficient (Wildman–Crippen LogP) is 4.52. The Labute approximate surface area is 152 Å². The first-order chi connectivity index (χ1) is 13.3. The standard InChI is InChI=1S/C19H8F3N3O3/c20-19(21,22)10-4-5-14-15(7-10)24-17(23-14)12-3-1-2-9-6-11(25(27)28)8-13(16(9)12)18(24)26/h1-8H. The average Bonchev–Trinajstić information content (AvgIpc) is 3.03. The molecule has 0 unspecified atom stereocenters. The number of nitrogens with zero attached hydrogens (tertiary/aromatic N) is 3. The van der Waals surface area contributed by atoms with Gasteiger partial charge in [0.15, 0.2) is 0 Å². The number of benzene rings is 3. The second-order valence-corrected chi connectivity index (χ2v) is 6.43. The summed E-state index contributed by atoms with van der Waals surface area (Å²) in [5.41, 5.74) is -1.37. The first-order valence-corrected chi connectivity index (χ1v) is 8.11. The number of non-ortho nitro benzene ring substituents is 1. The highest BCUT2D eigenvalue weighted by molar-refractivity contribution is 6.16. The van der Waals surface area contributed by atoms with Gasteiger partial charge < -0.3 is 0 Å². The van der Waals surface area contributed by atoms with Crippen molar-refractivity contribution in [3.05, 3.63) is 74.6 Å². The van der Waals surface area contributed by atoms with Gasteiger partial charge in [0, 0.05) is 22.9 Å². The molecule has 0 atom stereocenters. The van der Waals surface area contributed by atoms with Crippen LogP contribution in [0.5, 0.6) is 0 Å². The Kier molecular flexibility index (Phi) is 3.02. The Balaban J connectivity index is 2.05. The highest BCUT2D eigenvalue weighted by atomic mass is 19.4. The van der Waals surface area contributed by atoms with E-state index in [1.165, 1.54) is 12.1 Å². The van der Waals surface area contributed by atoms with Gasteiger partial charge in [-0.1, -0.05) is 18.2 Å². The molecule has 5 rings (SSSR count). The molecule has 6 nitrogen and oxygen atoms in total. The first kappa shape index (κ1) is 16.4. The quantitative estimate of drug-likeness (QED) is 0.315. The van der Waals surface area contributed by atoms with Crippen molar-refractivity contribution in [3.8, 4) is 0 Å². The van der Waals surface area contributed by atoms with Gasteiger partial charge >= 0.3 is 6.18 Å². The summed E-state index contributed by atoms with van der Waals surface area (Å²) in [5.74, 6) is 0. The van der Waals surface area contributed by atoms with Gasteiger partial charge in [0.2, 0.25) is 0 Å². The summed E-state index contributed by atoms with van der Waals surface area (Å²) in [6.07, 6.45) is -4.58. The van der Waals surface area contributed by atoms with Crippen LogP contribution in [0, 0.1) is 10.1 Å². The maximum Gasteiger partial charge on any atom is 0.416 e. The third-order valence-corrected chi connectivity index (χ3v) is 4.83. The lowest BCUT2D eigenvalue weighted by atomic mass is 10.0. The summed E-state index contributed by atoms with van der Waals surface area (Å²) in [7, 11) is 0. The summed E-state index contributed by atoms with van der Waals surface area (Å²) in [6, 6.07) is 10.5. The van der Waals surface area contributed by atoms with Crippen molar-refractivity contribution in [2.24, 2.45) is 0 Å². The van der Waals surface area contributed by atoms with Crippen molar-refractivity contribution in [3.63, 3.8) is 0 Å². The lowest BCUT2D eigenvalue weighted by Gasteiger charge is -2.08. The molecule has 2 aromatic heterocycles. The summed E-state index contributed by atoms with van der Waals surface area (Å²) in [6.45, 7) is 0. The van der Waals surface area contributed by atoms with Crippen molar-refractivity contribution in [1.29, 1.82) is 0 Å². The molecule has 0 aliphatic carbocycles. The predicted molar refractivity (Wildman–Crippen MR) is 96.8 cm³/mol. The van der Waals surface area contributed by atoms with Crippen molar-refractivity contribution < 1.29 is 18.1 Å². The van der Waals surface area contributed by atoms with Crippen molar-refractivity contribution >= 4 is 43.9 Å². The van der Waals surface area contributed by atoms with Crippen LogP contribution in [-0.4, -0.2) is 14.3 Å². The number of imidazole rings is 1. The van der Waals surface area contributed by atoms with Gasteiger partial charge in [0.25, 0.3) is 11.2 Å². The zero-order valence-electron chi connectivity index (χ0n) is 13.8. The van der Waals surface area contributed by atoms with Crippen LogP contribution >= 0.6 is 0 Å². The third-order valence-electron chi connectivity index (χ3n) is 4.83. The molecule has 9 heteroatoms. The van der Waals surface area contributed by atoms with Crippen LogP contribution in [-0.2, 0) is 6.18 Å². The van der Waals surface area contributed by atoms with Crippen LogP contribution in [0.3, 0.4) is 0 Å². The molecular weight excluding hydrogens is 375 g/mol. The molecule has 3 aromatic carbocycles. The van der Waals surface area contributed by atoms with Gasteiger partial charge in [-0.25, -0.2) is 4.98 Å². The molecule has 28 heavy (non-hydrogen) atoms. The van der Waals surface area contributed by atoms with E-state index in [9.17, 15) is 28.1 Å². The molecule has 2 heterocycles. The molecule has 0 spiro atoms. The molecule has 0 N–H and O–H groups in total.